The molecule has 0 radical (unpaired) electrons. The van der Waals surface area contributed by atoms with Crippen molar-refractivity contribution < 1.29 is 5.11 Å². The second-order valence-electron chi connectivity index (χ2n) is 6.60. The number of aliphatic hydroxyl groups excluding tert-OH is 1. The molecule has 0 aliphatic heterocycles. The van der Waals surface area contributed by atoms with Gasteiger partial charge >= 0.3 is 0 Å². The molecule has 1 atom stereocenters. The van der Waals surface area contributed by atoms with E-state index in [4.69, 9.17) is 0 Å². The van der Waals surface area contributed by atoms with Crippen molar-refractivity contribution in [1.82, 2.24) is 10.2 Å². The molecule has 1 aromatic rings. The van der Waals surface area contributed by atoms with Gasteiger partial charge in [-0.3, -0.25) is 4.90 Å². The number of nitrogens with zero attached hydrogens (tertiary/aromatic N) is 1. The van der Waals surface area contributed by atoms with Gasteiger partial charge in [-0.2, -0.15) is 0 Å². The largest absolute Gasteiger partial charge is 0.394 e. The summed E-state index contributed by atoms with van der Waals surface area (Å²) in [6.07, 6.45) is 2.73. The Balaban J connectivity index is 2.21. The smallest absolute Gasteiger partial charge is 0.0797 e. The highest BCUT2D eigenvalue weighted by atomic mass is 16.3. The third-order valence-electron chi connectivity index (χ3n) is 4.50. The first-order chi connectivity index (χ1) is 10.1. The van der Waals surface area contributed by atoms with Crippen LogP contribution in [0, 0.1) is 5.92 Å². The average molecular weight is 290 g/mol. The van der Waals surface area contributed by atoms with Crippen LogP contribution in [0.25, 0.3) is 0 Å². The molecule has 1 aliphatic rings. The van der Waals surface area contributed by atoms with Crippen molar-refractivity contribution in [2.45, 2.75) is 45.2 Å². The topological polar surface area (TPSA) is 35.5 Å². The van der Waals surface area contributed by atoms with Crippen LogP contribution >= 0.6 is 0 Å². The van der Waals surface area contributed by atoms with E-state index >= 15 is 0 Å². The maximum Gasteiger partial charge on any atom is 0.0797 e. The lowest BCUT2D eigenvalue weighted by molar-refractivity contribution is 0.0886. The number of benzene rings is 1. The molecule has 0 aromatic heterocycles. The first-order valence-corrected chi connectivity index (χ1v) is 8.26. The quantitative estimate of drug-likeness (QED) is 0.734. The van der Waals surface area contributed by atoms with Gasteiger partial charge in [0.2, 0.25) is 0 Å². The maximum atomic E-state index is 10.2. The monoisotopic (exact) mass is 290 g/mol. The molecule has 0 spiro atoms. The third-order valence-corrected chi connectivity index (χ3v) is 4.50. The number of hydrogen-bond donors (Lipinski definition) is 2. The minimum atomic E-state index is -0.366. The van der Waals surface area contributed by atoms with Gasteiger partial charge in [0.25, 0.3) is 0 Å². The Labute approximate surface area is 129 Å². The van der Waals surface area contributed by atoms with E-state index in [2.05, 4.69) is 55.3 Å². The molecule has 21 heavy (non-hydrogen) atoms. The Bertz CT molecular complexity index is 416. The molecule has 0 saturated heterocycles. The summed E-state index contributed by atoms with van der Waals surface area (Å²) in [5, 5.41) is 13.7. The van der Waals surface area contributed by atoms with Crippen LogP contribution in [-0.2, 0) is 5.54 Å². The van der Waals surface area contributed by atoms with E-state index in [1.54, 1.807) is 0 Å². The van der Waals surface area contributed by atoms with Gasteiger partial charge in [0.1, 0.15) is 0 Å². The summed E-state index contributed by atoms with van der Waals surface area (Å²) in [6.45, 7) is 9.59. The predicted octanol–water partition coefficient (Wildman–Crippen LogP) is 2.60. The number of rotatable bonds is 9. The van der Waals surface area contributed by atoms with Gasteiger partial charge in [-0.25, -0.2) is 0 Å². The zero-order valence-electron chi connectivity index (χ0n) is 13.7. The molecule has 1 fully saturated rings. The Morgan fingerprint density at radius 3 is 2.43 bits per heavy atom. The Kier molecular flexibility index (Phi) is 5.80. The van der Waals surface area contributed by atoms with E-state index in [-0.39, 0.29) is 12.1 Å². The zero-order chi connectivity index (χ0) is 15.3. The highest BCUT2D eigenvalue weighted by molar-refractivity contribution is 5.25. The molecule has 0 heterocycles. The van der Waals surface area contributed by atoms with Gasteiger partial charge in [0, 0.05) is 19.1 Å². The van der Waals surface area contributed by atoms with Crippen LogP contribution in [-0.4, -0.2) is 42.3 Å². The second kappa shape index (κ2) is 7.39. The summed E-state index contributed by atoms with van der Waals surface area (Å²) in [7, 11) is 0. The van der Waals surface area contributed by atoms with E-state index in [9.17, 15) is 5.11 Å². The molecule has 2 rings (SSSR count). The van der Waals surface area contributed by atoms with Crippen LogP contribution in [0.5, 0.6) is 0 Å². The Hall–Kier alpha value is -0.900. The molecule has 1 aromatic carbocycles. The van der Waals surface area contributed by atoms with Gasteiger partial charge in [-0.15, -0.1) is 0 Å². The summed E-state index contributed by atoms with van der Waals surface area (Å²) in [5.74, 6) is 0.862. The van der Waals surface area contributed by atoms with E-state index < -0.39 is 0 Å². The second-order valence-corrected chi connectivity index (χ2v) is 6.60. The molecular weight excluding hydrogens is 260 g/mol. The number of nitrogens with one attached hydrogen (secondary N) is 1. The Morgan fingerprint density at radius 1 is 1.29 bits per heavy atom. The van der Waals surface area contributed by atoms with Gasteiger partial charge < -0.3 is 10.4 Å². The maximum absolute atomic E-state index is 10.2. The normalized spacial score (nSPS) is 18.2. The summed E-state index contributed by atoms with van der Waals surface area (Å²) >= 11 is 0. The molecular formula is C18H30N2O. The van der Waals surface area contributed by atoms with Crippen LogP contribution in [0.2, 0.25) is 0 Å². The average Bonchev–Trinajstić information content (AvgIpc) is 3.30. The fourth-order valence-corrected chi connectivity index (χ4v) is 2.98. The van der Waals surface area contributed by atoms with Crippen molar-refractivity contribution in [2.75, 3.05) is 26.2 Å². The summed E-state index contributed by atoms with van der Waals surface area (Å²) in [5.41, 5.74) is 0.811. The third kappa shape index (κ3) is 4.29. The fourth-order valence-electron chi connectivity index (χ4n) is 2.98. The van der Waals surface area contributed by atoms with Crippen molar-refractivity contribution in [3.05, 3.63) is 35.9 Å². The van der Waals surface area contributed by atoms with E-state index in [0.717, 1.165) is 25.6 Å². The number of likely N-dealkylation sites (N-methyl/N-ethyl adjacent to an activating group) is 1. The summed E-state index contributed by atoms with van der Waals surface area (Å²) < 4.78 is 0. The summed E-state index contributed by atoms with van der Waals surface area (Å²) in [4.78, 5) is 2.52. The van der Waals surface area contributed by atoms with Crippen LogP contribution in [0.4, 0.5) is 0 Å². The summed E-state index contributed by atoms with van der Waals surface area (Å²) in [6, 6.07) is 10.9. The van der Waals surface area contributed by atoms with Crippen LogP contribution < -0.4 is 5.32 Å². The van der Waals surface area contributed by atoms with Gasteiger partial charge in [0.05, 0.1) is 12.1 Å². The fraction of sp³-hybridized carbons (Fsp3) is 0.667. The van der Waals surface area contributed by atoms with Gasteiger partial charge in [-0.05, 0) is 44.7 Å². The van der Waals surface area contributed by atoms with Gasteiger partial charge in [0.15, 0.2) is 0 Å². The van der Waals surface area contributed by atoms with Gasteiger partial charge in [-0.1, -0.05) is 37.3 Å². The van der Waals surface area contributed by atoms with Crippen molar-refractivity contribution >= 4 is 0 Å². The molecule has 1 unspecified atom stereocenters. The highest BCUT2D eigenvalue weighted by Gasteiger charge is 2.35. The van der Waals surface area contributed by atoms with Crippen molar-refractivity contribution in [2.24, 2.45) is 5.92 Å². The lowest BCUT2D eigenvalue weighted by Crippen LogP contribution is -2.55. The molecule has 118 valence electrons. The van der Waals surface area contributed by atoms with Crippen molar-refractivity contribution in [1.29, 1.82) is 0 Å². The van der Waals surface area contributed by atoms with Crippen molar-refractivity contribution in [3.8, 4) is 0 Å². The predicted molar refractivity (Wildman–Crippen MR) is 88.3 cm³/mol. The molecule has 2 N–H and O–H groups in total. The van der Waals surface area contributed by atoms with Crippen LogP contribution in [0.15, 0.2) is 30.3 Å². The molecule has 1 saturated carbocycles. The van der Waals surface area contributed by atoms with Crippen LogP contribution in [0.3, 0.4) is 0 Å². The minimum absolute atomic E-state index is 0.124. The number of hydrogen-bond acceptors (Lipinski definition) is 3. The minimum Gasteiger partial charge on any atom is -0.394 e. The van der Waals surface area contributed by atoms with E-state index in [1.807, 2.05) is 6.07 Å². The molecule has 3 nitrogen and oxygen atoms in total. The highest BCUT2D eigenvalue weighted by Crippen LogP contribution is 2.32. The molecule has 1 aliphatic carbocycles. The van der Waals surface area contributed by atoms with Crippen LogP contribution in [0.1, 0.15) is 39.2 Å². The van der Waals surface area contributed by atoms with Crippen molar-refractivity contribution in [3.63, 3.8) is 0 Å². The number of aliphatic hydroxyl groups is 1. The van der Waals surface area contributed by atoms with E-state index in [1.165, 1.54) is 18.4 Å². The first-order valence-electron chi connectivity index (χ1n) is 8.26. The lowest BCUT2D eigenvalue weighted by atomic mass is 9.89. The first kappa shape index (κ1) is 16.5. The Morgan fingerprint density at radius 2 is 1.95 bits per heavy atom. The zero-order valence-corrected chi connectivity index (χ0v) is 13.7. The standard InChI is InChI=1S/C18H30N2O/c1-4-19-18(14-21,17-8-6-5-7-9-17)13-20(15(2)3)12-16-10-11-16/h5-9,15-16,19,21H,4,10-14H2,1-3H3. The lowest BCUT2D eigenvalue weighted by Gasteiger charge is -2.40. The molecule has 0 amide bonds. The molecule has 3 heteroatoms. The SMILES string of the molecule is CCNC(CO)(CN(CC1CC1)C(C)C)c1ccccc1. The van der Waals surface area contributed by atoms with E-state index in [0.29, 0.717) is 6.04 Å². The molecule has 0 bridgehead atoms.